The van der Waals surface area contributed by atoms with Crippen molar-refractivity contribution >= 4 is 29.8 Å². The fourth-order valence-corrected chi connectivity index (χ4v) is 1.11. The lowest BCUT2D eigenvalue weighted by atomic mass is 10.3. The van der Waals surface area contributed by atoms with E-state index in [9.17, 15) is 4.79 Å². The summed E-state index contributed by atoms with van der Waals surface area (Å²) in [5.74, 6) is 0.605. The molecule has 0 aliphatic carbocycles. The van der Waals surface area contributed by atoms with E-state index in [1.165, 1.54) is 13.3 Å². The van der Waals surface area contributed by atoms with E-state index >= 15 is 0 Å². The van der Waals surface area contributed by atoms with Gasteiger partial charge in [-0.25, -0.2) is 4.98 Å². The van der Waals surface area contributed by atoms with Gasteiger partial charge in [0.15, 0.2) is 5.75 Å². The molecule has 0 aliphatic rings. The number of halogens is 1. The van der Waals surface area contributed by atoms with E-state index in [1.807, 2.05) is 6.92 Å². The number of nitrogen functional groups attached to an aromatic ring is 1. The van der Waals surface area contributed by atoms with Crippen LogP contribution in [0.4, 0.5) is 11.5 Å². The predicted molar refractivity (Wildman–Crippen MR) is 67.6 cm³/mol. The highest BCUT2D eigenvalue weighted by Gasteiger charge is 2.06. The lowest BCUT2D eigenvalue weighted by molar-refractivity contribution is -0.119. The van der Waals surface area contributed by atoms with Crippen LogP contribution in [0.1, 0.15) is 6.92 Å². The van der Waals surface area contributed by atoms with Crippen molar-refractivity contribution in [3.05, 3.63) is 12.3 Å². The zero-order chi connectivity index (χ0) is 12.0. The van der Waals surface area contributed by atoms with Crippen molar-refractivity contribution < 1.29 is 14.3 Å². The predicted octanol–water partition coefficient (Wildman–Crippen LogP) is 1.07. The van der Waals surface area contributed by atoms with Crippen molar-refractivity contribution in [3.63, 3.8) is 0 Å². The molecule has 1 rings (SSSR count). The minimum absolute atomic E-state index is 0. The number of hydrogen-bond acceptors (Lipinski definition) is 5. The summed E-state index contributed by atoms with van der Waals surface area (Å²) in [4.78, 5) is 15.2. The molecule has 0 saturated heterocycles. The highest BCUT2D eigenvalue weighted by molar-refractivity contribution is 5.91. The van der Waals surface area contributed by atoms with E-state index in [-0.39, 0.29) is 24.9 Å². The van der Waals surface area contributed by atoms with Gasteiger partial charge in [-0.05, 0) is 6.92 Å². The monoisotopic (exact) mass is 261 g/mol. The number of rotatable bonds is 5. The summed E-state index contributed by atoms with van der Waals surface area (Å²) in [5.41, 5.74) is 6.14. The standard InChI is InChI=1S/C10H15N3O3.ClH/c1-3-16-8-5-12-9(4-7(8)11)13-10(14)6-15-2;/h4-5H,3,6H2,1-2H3,(H3,11,12,13,14);1H. The molecule has 0 saturated carbocycles. The van der Waals surface area contributed by atoms with Gasteiger partial charge >= 0.3 is 0 Å². The largest absolute Gasteiger partial charge is 0.490 e. The summed E-state index contributed by atoms with van der Waals surface area (Å²) >= 11 is 0. The molecule has 0 radical (unpaired) electrons. The molecule has 1 aromatic heterocycles. The van der Waals surface area contributed by atoms with Crippen LogP contribution in [0.2, 0.25) is 0 Å². The summed E-state index contributed by atoms with van der Waals surface area (Å²) < 4.78 is 9.89. The van der Waals surface area contributed by atoms with Gasteiger partial charge in [-0.2, -0.15) is 0 Å². The molecule has 96 valence electrons. The Morgan fingerprint density at radius 2 is 2.29 bits per heavy atom. The zero-order valence-corrected chi connectivity index (χ0v) is 10.5. The van der Waals surface area contributed by atoms with Crippen LogP contribution in [-0.2, 0) is 9.53 Å². The Morgan fingerprint density at radius 3 is 2.82 bits per heavy atom. The molecule has 0 atom stereocenters. The molecule has 0 aromatic carbocycles. The number of carbonyl (C=O) groups is 1. The maximum Gasteiger partial charge on any atom is 0.251 e. The summed E-state index contributed by atoms with van der Waals surface area (Å²) in [6.07, 6.45) is 1.47. The molecule has 7 heteroatoms. The second kappa shape index (κ2) is 7.70. The first kappa shape index (κ1) is 15.5. The smallest absolute Gasteiger partial charge is 0.251 e. The summed E-state index contributed by atoms with van der Waals surface area (Å²) in [6, 6.07) is 1.54. The van der Waals surface area contributed by atoms with Crippen LogP contribution in [-0.4, -0.2) is 31.2 Å². The number of aromatic nitrogens is 1. The van der Waals surface area contributed by atoms with E-state index in [0.29, 0.717) is 23.9 Å². The number of nitrogens with two attached hydrogens (primary N) is 1. The number of methoxy groups -OCH3 is 1. The highest BCUT2D eigenvalue weighted by atomic mass is 35.5. The van der Waals surface area contributed by atoms with Crippen molar-refractivity contribution in [1.29, 1.82) is 0 Å². The number of pyridine rings is 1. The molecule has 1 amide bonds. The number of anilines is 2. The third kappa shape index (κ3) is 4.88. The summed E-state index contributed by atoms with van der Waals surface area (Å²) in [7, 11) is 1.44. The second-order valence-corrected chi connectivity index (χ2v) is 3.02. The molecule has 3 N–H and O–H groups in total. The number of hydrogen-bond donors (Lipinski definition) is 2. The molecular formula is C10H16ClN3O3. The average Bonchev–Trinajstić information content (AvgIpc) is 2.22. The van der Waals surface area contributed by atoms with Gasteiger partial charge in [0.05, 0.1) is 18.5 Å². The van der Waals surface area contributed by atoms with Crippen molar-refractivity contribution in [2.75, 3.05) is 31.4 Å². The maximum atomic E-state index is 11.2. The third-order valence-electron chi connectivity index (χ3n) is 1.74. The molecule has 1 aromatic rings. The Labute approximate surface area is 106 Å². The second-order valence-electron chi connectivity index (χ2n) is 3.02. The van der Waals surface area contributed by atoms with Gasteiger partial charge in [-0.3, -0.25) is 4.79 Å². The van der Waals surface area contributed by atoms with Crippen LogP contribution in [0.25, 0.3) is 0 Å². The van der Waals surface area contributed by atoms with Gasteiger partial charge in [-0.15, -0.1) is 12.4 Å². The Kier molecular flexibility index (Phi) is 7.00. The highest BCUT2D eigenvalue weighted by Crippen LogP contribution is 2.22. The lowest BCUT2D eigenvalue weighted by Crippen LogP contribution is -2.18. The maximum absolute atomic E-state index is 11.2. The van der Waals surface area contributed by atoms with Gasteiger partial charge in [0.1, 0.15) is 12.4 Å². The van der Waals surface area contributed by atoms with Gasteiger partial charge < -0.3 is 20.5 Å². The van der Waals surface area contributed by atoms with Gasteiger partial charge in [0.25, 0.3) is 5.91 Å². The summed E-state index contributed by atoms with van der Waals surface area (Å²) in [5, 5.41) is 2.54. The normalized spacial score (nSPS) is 9.29. The topological polar surface area (TPSA) is 86.5 Å². The minimum Gasteiger partial charge on any atom is -0.490 e. The molecule has 0 aliphatic heterocycles. The van der Waals surface area contributed by atoms with E-state index in [2.05, 4.69) is 15.0 Å². The molecule has 0 bridgehead atoms. The quantitative estimate of drug-likeness (QED) is 0.828. The number of ether oxygens (including phenoxy) is 2. The van der Waals surface area contributed by atoms with Crippen molar-refractivity contribution in [1.82, 2.24) is 4.98 Å². The Bertz CT molecular complexity index is 374. The first-order valence-electron chi connectivity index (χ1n) is 4.84. The van der Waals surface area contributed by atoms with Crippen LogP contribution < -0.4 is 15.8 Å². The third-order valence-corrected chi connectivity index (χ3v) is 1.74. The van der Waals surface area contributed by atoms with Crippen molar-refractivity contribution in [3.8, 4) is 5.75 Å². The molecule has 0 spiro atoms. The number of carbonyl (C=O) groups excluding carboxylic acids is 1. The Hall–Kier alpha value is -1.53. The van der Waals surface area contributed by atoms with E-state index in [4.69, 9.17) is 10.5 Å². The van der Waals surface area contributed by atoms with Crippen LogP contribution in [0.5, 0.6) is 5.75 Å². The lowest BCUT2D eigenvalue weighted by Gasteiger charge is -2.08. The average molecular weight is 262 g/mol. The zero-order valence-electron chi connectivity index (χ0n) is 9.73. The van der Waals surface area contributed by atoms with E-state index in [0.717, 1.165) is 0 Å². The van der Waals surface area contributed by atoms with Gasteiger partial charge in [0.2, 0.25) is 0 Å². The number of nitrogens with zero attached hydrogens (tertiary/aromatic N) is 1. The fourth-order valence-electron chi connectivity index (χ4n) is 1.11. The minimum atomic E-state index is -0.279. The SMILES string of the molecule is CCOc1cnc(NC(=O)COC)cc1N.Cl. The van der Waals surface area contributed by atoms with Crippen LogP contribution in [0, 0.1) is 0 Å². The van der Waals surface area contributed by atoms with Crippen molar-refractivity contribution in [2.24, 2.45) is 0 Å². The Balaban J connectivity index is 0.00000256. The Morgan fingerprint density at radius 1 is 1.59 bits per heavy atom. The van der Waals surface area contributed by atoms with Gasteiger partial charge in [-0.1, -0.05) is 0 Å². The molecule has 0 fully saturated rings. The number of nitrogens with one attached hydrogen (secondary N) is 1. The van der Waals surface area contributed by atoms with Crippen molar-refractivity contribution in [2.45, 2.75) is 6.92 Å². The fraction of sp³-hybridized carbons (Fsp3) is 0.400. The van der Waals surface area contributed by atoms with Crippen LogP contribution in [0.15, 0.2) is 12.3 Å². The van der Waals surface area contributed by atoms with Crippen LogP contribution in [0.3, 0.4) is 0 Å². The number of amides is 1. The van der Waals surface area contributed by atoms with Crippen LogP contribution >= 0.6 is 12.4 Å². The molecule has 17 heavy (non-hydrogen) atoms. The van der Waals surface area contributed by atoms with E-state index < -0.39 is 0 Å². The summed E-state index contributed by atoms with van der Waals surface area (Å²) in [6.45, 7) is 2.35. The molecule has 1 heterocycles. The molecule has 6 nitrogen and oxygen atoms in total. The molecule has 0 unspecified atom stereocenters. The van der Waals surface area contributed by atoms with E-state index in [1.54, 1.807) is 6.07 Å². The first-order chi connectivity index (χ1) is 7.67. The van der Waals surface area contributed by atoms with Gasteiger partial charge in [0, 0.05) is 13.2 Å². The first-order valence-corrected chi connectivity index (χ1v) is 4.84. The molecular weight excluding hydrogens is 246 g/mol.